The van der Waals surface area contributed by atoms with E-state index in [9.17, 15) is 0 Å². The Bertz CT molecular complexity index is 175. The molecule has 0 spiro atoms. The van der Waals surface area contributed by atoms with Crippen molar-refractivity contribution in [3.8, 4) is 0 Å². The monoisotopic (exact) mass is 228 g/mol. The van der Waals surface area contributed by atoms with Crippen molar-refractivity contribution in [2.24, 2.45) is 0 Å². The Labute approximate surface area is 101 Å². The van der Waals surface area contributed by atoms with Gasteiger partial charge in [0, 0.05) is 31.8 Å². The van der Waals surface area contributed by atoms with Crippen LogP contribution in [0.2, 0.25) is 0 Å². The smallest absolute Gasteiger partial charge is 0.0478 e. The molecule has 1 aliphatic rings. The average molecular weight is 228 g/mol. The molecular weight excluding hydrogens is 200 g/mol. The molecule has 0 aliphatic carbocycles. The molecule has 1 aliphatic heterocycles. The first kappa shape index (κ1) is 13.9. The summed E-state index contributed by atoms with van der Waals surface area (Å²) < 4.78 is 5.51. The third-order valence-electron chi connectivity index (χ3n) is 3.50. The fraction of sp³-hybridized carbons (Fsp3) is 1.00. The first-order valence-electron chi connectivity index (χ1n) is 6.77. The molecule has 0 aromatic heterocycles. The minimum absolute atomic E-state index is 0.720. The Morgan fingerprint density at radius 1 is 1.38 bits per heavy atom. The van der Waals surface area contributed by atoms with Crippen LogP contribution in [0.25, 0.3) is 0 Å². The van der Waals surface area contributed by atoms with Crippen molar-refractivity contribution < 1.29 is 4.74 Å². The number of likely N-dealkylation sites (tertiary alicyclic amines) is 1. The highest BCUT2D eigenvalue weighted by Gasteiger charge is 2.23. The fourth-order valence-corrected chi connectivity index (χ4v) is 2.43. The summed E-state index contributed by atoms with van der Waals surface area (Å²) in [4.78, 5) is 2.60. The Hall–Kier alpha value is -0.120. The molecule has 3 nitrogen and oxygen atoms in total. The van der Waals surface area contributed by atoms with Crippen LogP contribution in [-0.4, -0.2) is 50.3 Å². The summed E-state index contributed by atoms with van der Waals surface area (Å²) in [6.07, 6.45) is 4.88. The Balaban J connectivity index is 2.08. The SMILES string of the molecule is CCCOCCCN1CCC(NC)CC1C. The Kier molecular flexibility index (Phi) is 7.01. The molecule has 0 aromatic carbocycles. The van der Waals surface area contributed by atoms with E-state index < -0.39 is 0 Å². The molecule has 1 saturated heterocycles. The number of nitrogens with zero attached hydrogens (tertiary/aromatic N) is 1. The molecule has 96 valence electrons. The van der Waals surface area contributed by atoms with Gasteiger partial charge in [-0.3, -0.25) is 0 Å². The predicted molar refractivity (Wildman–Crippen MR) is 68.8 cm³/mol. The van der Waals surface area contributed by atoms with Gasteiger partial charge in [-0.1, -0.05) is 6.92 Å². The lowest BCUT2D eigenvalue weighted by molar-refractivity contribution is 0.0968. The lowest BCUT2D eigenvalue weighted by Gasteiger charge is -2.37. The molecule has 3 heteroatoms. The summed E-state index contributed by atoms with van der Waals surface area (Å²) in [6.45, 7) is 8.77. The van der Waals surface area contributed by atoms with Crippen molar-refractivity contribution in [1.82, 2.24) is 10.2 Å². The molecule has 2 unspecified atom stereocenters. The van der Waals surface area contributed by atoms with E-state index in [1.165, 1.54) is 32.4 Å². The number of nitrogens with one attached hydrogen (secondary N) is 1. The average Bonchev–Trinajstić information content (AvgIpc) is 2.30. The highest BCUT2D eigenvalue weighted by atomic mass is 16.5. The second kappa shape index (κ2) is 8.04. The highest BCUT2D eigenvalue weighted by Crippen LogP contribution is 2.17. The quantitative estimate of drug-likeness (QED) is 0.673. The second-order valence-corrected chi connectivity index (χ2v) is 4.86. The third kappa shape index (κ3) is 4.81. The number of piperidine rings is 1. The van der Waals surface area contributed by atoms with E-state index in [-0.39, 0.29) is 0 Å². The number of ether oxygens (including phenoxy) is 1. The minimum Gasteiger partial charge on any atom is -0.381 e. The van der Waals surface area contributed by atoms with Crippen LogP contribution in [-0.2, 0) is 4.74 Å². The molecule has 0 bridgehead atoms. The first-order chi connectivity index (χ1) is 7.77. The summed E-state index contributed by atoms with van der Waals surface area (Å²) in [5, 5.41) is 3.39. The zero-order valence-electron chi connectivity index (χ0n) is 11.2. The van der Waals surface area contributed by atoms with E-state index in [1.807, 2.05) is 0 Å². The maximum absolute atomic E-state index is 5.51. The molecule has 0 aromatic rings. The Morgan fingerprint density at radius 2 is 2.19 bits per heavy atom. The van der Waals surface area contributed by atoms with Crippen molar-refractivity contribution in [2.45, 2.75) is 51.6 Å². The number of hydrogen-bond donors (Lipinski definition) is 1. The van der Waals surface area contributed by atoms with Crippen LogP contribution in [0, 0.1) is 0 Å². The summed E-state index contributed by atoms with van der Waals surface area (Å²) in [7, 11) is 2.08. The van der Waals surface area contributed by atoms with Crippen molar-refractivity contribution in [3.63, 3.8) is 0 Å². The Morgan fingerprint density at radius 3 is 2.81 bits per heavy atom. The van der Waals surface area contributed by atoms with Gasteiger partial charge >= 0.3 is 0 Å². The van der Waals surface area contributed by atoms with Gasteiger partial charge in [0.15, 0.2) is 0 Å². The van der Waals surface area contributed by atoms with Gasteiger partial charge in [-0.25, -0.2) is 0 Å². The minimum atomic E-state index is 0.720. The largest absolute Gasteiger partial charge is 0.381 e. The van der Waals surface area contributed by atoms with Crippen LogP contribution in [0.3, 0.4) is 0 Å². The summed E-state index contributed by atoms with van der Waals surface area (Å²) in [5.74, 6) is 0. The lowest BCUT2D eigenvalue weighted by Crippen LogP contribution is -2.46. The molecule has 0 amide bonds. The van der Waals surface area contributed by atoms with Crippen LogP contribution in [0.4, 0.5) is 0 Å². The van der Waals surface area contributed by atoms with E-state index in [2.05, 4.69) is 31.1 Å². The molecule has 2 atom stereocenters. The van der Waals surface area contributed by atoms with Crippen LogP contribution in [0.15, 0.2) is 0 Å². The van der Waals surface area contributed by atoms with Gasteiger partial charge in [-0.15, -0.1) is 0 Å². The van der Waals surface area contributed by atoms with E-state index in [0.29, 0.717) is 0 Å². The second-order valence-electron chi connectivity index (χ2n) is 4.86. The van der Waals surface area contributed by atoms with Gasteiger partial charge in [0.2, 0.25) is 0 Å². The number of hydrogen-bond acceptors (Lipinski definition) is 3. The lowest BCUT2D eigenvalue weighted by atomic mass is 9.98. The van der Waals surface area contributed by atoms with Gasteiger partial charge in [0.1, 0.15) is 0 Å². The maximum Gasteiger partial charge on any atom is 0.0478 e. The van der Waals surface area contributed by atoms with Crippen LogP contribution in [0.1, 0.15) is 39.5 Å². The van der Waals surface area contributed by atoms with Crippen molar-refractivity contribution in [3.05, 3.63) is 0 Å². The third-order valence-corrected chi connectivity index (χ3v) is 3.50. The van der Waals surface area contributed by atoms with E-state index in [4.69, 9.17) is 4.74 Å². The first-order valence-corrected chi connectivity index (χ1v) is 6.77. The standard InChI is InChI=1S/C13H28N2O/c1-4-9-16-10-5-7-15-8-6-13(14-3)11-12(15)2/h12-14H,4-11H2,1-3H3. The van der Waals surface area contributed by atoms with Gasteiger partial charge in [0.05, 0.1) is 0 Å². The van der Waals surface area contributed by atoms with Crippen molar-refractivity contribution in [2.75, 3.05) is 33.4 Å². The molecule has 1 fully saturated rings. The molecule has 1 rings (SSSR count). The predicted octanol–water partition coefficient (Wildman–Crippen LogP) is 1.88. The zero-order valence-corrected chi connectivity index (χ0v) is 11.2. The molecular formula is C13H28N2O. The zero-order chi connectivity index (χ0) is 11.8. The normalized spacial score (nSPS) is 27.2. The molecule has 1 N–H and O–H groups in total. The van der Waals surface area contributed by atoms with Crippen molar-refractivity contribution in [1.29, 1.82) is 0 Å². The van der Waals surface area contributed by atoms with Gasteiger partial charge < -0.3 is 15.0 Å². The molecule has 0 saturated carbocycles. The van der Waals surface area contributed by atoms with Crippen LogP contribution >= 0.6 is 0 Å². The maximum atomic E-state index is 5.51. The fourth-order valence-electron chi connectivity index (χ4n) is 2.43. The van der Waals surface area contributed by atoms with E-state index in [0.717, 1.165) is 31.7 Å². The highest BCUT2D eigenvalue weighted by molar-refractivity contribution is 4.81. The molecule has 1 heterocycles. The van der Waals surface area contributed by atoms with E-state index in [1.54, 1.807) is 0 Å². The van der Waals surface area contributed by atoms with Crippen molar-refractivity contribution >= 4 is 0 Å². The topological polar surface area (TPSA) is 24.5 Å². The van der Waals surface area contributed by atoms with E-state index >= 15 is 0 Å². The summed E-state index contributed by atoms with van der Waals surface area (Å²) >= 11 is 0. The van der Waals surface area contributed by atoms with Gasteiger partial charge in [-0.05, 0) is 46.2 Å². The molecule has 0 radical (unpaired) electrons. The van der Waals surface area contributed by atoms with Gasteiger partial charge in [-0.2, -0.15) is 0 Å². The van der Waals surface area contributed by atoms with Gasteiger partial charge in [0.25, 0.3) is 0 Å². The summed E-state index contributed by atoms with van der Waals surface area (Å²) in [5.41, 5.74) is 0. The molecule has 16 heavy (non-hydrogen) atoms. The summed E-state index contributed by atoms with van der Waals surface area (Å²) in [6, 6.07) is 1.44. The van der Waals surface area contributed by atoms with Crippen LogP contribution in [0.5, 0.6) is 0 Å². The number of rotatable bonds is 7. The van der Waals surface area contributed by atoms with Crippen LogP contribution < -0.4 is 5.32 Å².